The van der Waals surface area contributed by atoms with E-state index in [1.54, 1.807) is 0 Å². The topological polar surface area (TPSA) is 125 Å². The van der Waals surface area contributed by atoms with Gasteiger partial charge in [-0.15, -0.1) is 0 Å². The molecule has 0 fully saturated rings. The summed E-state index contributed by atoms with van der Waals surface area (Å²) >= 11 is 3.13. The molecule has 0 bridgehead atoms. The van der Waals surface area contributed by atoms with Crippen molar-refractivity contribution in [1.29, 1.82) is 0 Å². The zero-order valence-corrected chi connectivity index (χ0v) is 16.8. The van der Waals surface area contributed by atoms with E-state index in [4.69, 9.17) is 27.0 Å². The molecule has 144 valence electrons. The van der Waals surface area contributed by atoms with Crippen molar-refractivity contribution in [3.63, 3.8) is 0 Å². The van der Waals surface area contributed by atoms with Gasteiger partial charge in [-0.3, -0.25) is 0 Å². The molecule has 0 aliphatic heterocycles. The summed E-state index contributed by atoms with van der Waals surface area (Å²) in [5, 5.41) is 8.77. The van der Waals surface area contributed by atoms with E-state index in [2.05, 4.69) is 28.1 Å². The van der Waals surface area contributed by atoms with Gasteiger partial charge in [-0.1, -0.05) is 12.1 Å². The summed E-state index contributed by atoms with van der Waals surface area (Å²) in [5.74, 6) is -0.786. The van der Waals surface area contributed by atoms with Crippen LogP contribution in [0.25, 0.3) is 11.1 Å². The molecule has 1 aliphatic rings. The van der Waals surface area contributed by atoms with Gasteiger partial charge in [-0.2, -0.15) is 0 Å². The second kappa shape index (κ2) is 7.82. The van der Waals surface area contributed by atoms with Crippen LogP contribution in [0.4, 0.5) is 17.1 Å². The summed E-state index contributed by atoms with van der Waals surface area (Å²) in [6, 6.07) is 15.1. The molecule has 0 aromatic heterocycles. The summed E-state index contributed by atoms with van der Waals surface area (Å²) in [4.78, 5) is 10.7. The lowest BCUT2D eigenvalue weighted by molar-refractivity contribution is 0.0693. The van der Waals surface area contributed by atoms with E-state index in [0.29, 0.717) is 10.2 Å². The zero-order valence-electron chi connectivity index (χ0n) is 15.2. The number of nitrogen functional groups attached to an aromatic ring is 3. The number of halogens is 1. The largest absolute Gasteiger partial charge is 0.496 e. The molecule has 4 rings (SSSR count). The first-order valence-electron chi connectivity index (χ1n) is 8.43. The highest BCUT2D eigenvalue weighted by Gasteiger charge is 2.18. The fourth-order valence-electron chi connectivity index (χ4n) is 3.16. The number of methoxy groups -OCH3 is 1. The Morgan fingerprint density at radius 2 is 1.50 bits per heavy atom. The SMILES string of the molecule is COc1cc(N)c(Br)cc1C(=O)O.Nc1ccc2c(c1)Cc1cc(N)ccc1-2. The fraction of sp³-hybridized carbons (Fsp3) is 0.0952. The Bertz CT molecular complexity index is 1020. The average Bonchev–Trinajstić information content (AvgIpc) is 3.00. The Morgan fingerprint density at radius 1 is 0.964 bits per heavy atom. The number of rotatable bonds is 2. The van der Waals surface area contributed by atoms with Crippen LogP contribution in [0.2, 0.25) is 0 Å². The zero-order chi connectivity index (χ0) is 20.4. The van der Waals surface area contributed by atoms with E-state index >= 15 is 0 Å². The molecule has 0 saturated heterocycles. The normalized spacial score (nSPS) is 11.1. The first-order valence-corrected chi connectivity index (χ1v) is 9.23. The van der Waals surface area contributed by atoms with E-state index in [1.807, 2.05) is 24.3 Å². The molecular weight excluding hydrogens is 422 g/mol. The number of benzene rings is 3. The highest BCUT2D eigenvalue weighted by Crippen LogP contribution is 2.38. The van der Waals surface area contributed by atoms with Gasteiger partial charge in [0.05, 0.1) is 7.11 Å². The molecule has 3 aromatic rings. The van der Waals surface area contributed by atoms with Crippen molar-refractivity contribution in [2.75, 3.05) is 24.3 Å². The van der Waals surface area contributed by atoms with Crippen LogP contribution in [0.1, 0.15) is 21.5 Å². The number of nitrogens with two attached hydrogens (primary N) is 3. The number of aromatic carboxylic acids is 1. The van der Waals surface area contributed by atoms with Gasteiger partial charge in [0.15, 0.2) is 0 Å². The quantitative estimate of drug-likeness (QED) is 0.346. The molecule has 0 saturated carbocycles. The summed E-state index contributed by atoms with van der Waals surface area (Å²) in [7, 11) is 1.40. The van der Waals surface area contributed by atoms with Crippen LogP contribution in [0, 0.1) is 0 Å². The van der Waals surface area contributed by atoms with E-state index in [1.165, 1.54) is 41.5 Å². The number of fused-ring (bicyclic) bond motifs is 3. The lowest BCUT2D eigenvalue weighted by Gasteiger charge is -2.06. The van der Waals surface area contributed by atoms with Crippen LogP contribution in [-0.4, -0.2) is 18.2 Å². The molecule has 6 nitrogen and oxygen atoms in total. The predicted molar refractivity (Wildman–Crippen MR) is 116 cm³/mol. The second-order valence-corrected chi connectivity index (χ2v) is 7.24. The highest BCUT2D eigenvalue weighted by molar-refractivity contribution is 9.10. The van der Waals surface area contributed by atoms with Gasteiger partial charge in [0.25, 0.3) is 0 Å². The third-order valence-corrected chi connectivity index (χ3v) is 5.17. The molecule has 28 heavy (non-hydrogen) atoms. The number of ether oxygens (including phenoxy) is 1. The fourth-order valence-corrected chi connectivity index (χ4v) is 3.50. The van der Waals surface area contributed by atoms with Gasteiger partial charge >= 0.3 is 5.97 Å². The van der Waals surface area contributed by atoms with Gasteiger partial charge < -0.3 is 27.0 Å². The van der Waals surface area contributed by atoms with Crippen molar-refractivity contribution in [2.45, 2.75) is 6.42 Å². The van der Waals surface area contributed by atoms with Gasteiger partial charge in [-0.05, 0) is 74.9 Å². The second-order valence-electron chi connectivity index (χ2n) is 6.39. The summed E-state index contributed by atoms with van der Waals surface area (Å²) in [6.07, 6.45) is 0.945. The first kappa shape index (κ1) is 19.6. The molecule has 0 heterocycles. The minimum Gasteiger partial charge on any atom is -0.496 e. The van der Waals surface area contributed by atoms with E-state index in [9.17, 15) is 4.79 Å². The van der Waals surface area contributed by atoms with Gasteiger partial charge in [0.1, 0.15) is 11.3 Å². The molecule has 1 aliphatic carbocycles. The van der Waals surface area contributed by atoms with Crippen LogP contribution in [0.3, 0.4) is 0 Å². The van der Waals surface area contributed by atoms with E-state index < -0.39 is 5.97 Å². The third-order valence-electron chi connectivity index (χ3n) is 4.48. The Hall–Kier alpha value is -3.19. The van der Waals surface area contributed by atoms with Crippen LogP contribution < -0.4 is 21.9 Å². The maximum atomic E-state index is 10.7. The first-order chi connectivity index (χ1) is 13.3. The molecule has 3 aromatic carbocycles. The Kier molecular flexibility index (Phi) is 5.46. The smallest absolute Gasteiger partial charge is 0.339 e. The highest BCUT2D eigenvalue weighted by atomic mass is 79.9. The minimum absolute atomic E-state index is 0.0866. The van der Waals surface area contributed by atoms with Gasteiger partial charge in [0.2, 0.25) is 0 Å². The average molecular weight is 442 g/mol. The monoisotopic (exact) mass is 441 g/mol. The molecule has 7 heteroatoms. The molecule has 0 spiro atoms. The number of carbonyl (C=O) groups is 1. The standard InChI is InChI=1S/C13H12N2.C8H8BrNO3/c14-10-1-3-12-8(6-10)5-9-7-11(15)2-4-13(9)12;1-13-7-3-6(10)5(9)2-4(7)8(11)12/h1-4,6-7H,5,14-15H2;2-3H,10H2,1H3,(H,11,12). The maximum absolute atomic E-state index is 10.7. The molecular formula is C21H20BrN3O3. The van der Waals surface area contributed by atoms with Crippen molar-refractivity contribution < 1.29 is 14.6 Å². The number of hydrogen-bond acceptors (Lipinski definition) is 5. The van der Waals surface area contributed by atoms with E-state index in [0.717, 1.165) is 17.8 Å². The minimum atomic E-state index is -1.04. The van der Waals surface area contributed by atoms with Crippen LogP contribution in [0.15, 0.2) is 53.0 Å². The van der Waals surface area contributed by atoms with Crippen molar-refractivity contribution in [3.05, 3.63) is 69.7 Å². The molecule has 7 N–H and O–H groups in total. The predicted octanol–water partition coefficient (Wildman–Crippen LogP) is 4.16. The number of hydrogen-bond donors (Lipinski definition) is 4. The van der Waals surface area contributed by atoms with Crippen LogP contribution >= 0.6 is 15.9 Å². The molecule has 0 radical (unpaired) electrons. The number of carboxylic acid groups (broad SMARTS) is 1. The molecule has 0 atom stereocenters. The third kappa shape index (κ3) is 3.89. The van der Waals surface area contributed by atoms with Crippen molar-refractivity contribution >= 4 is 39.0 Å². The summed E-state index contributed by atoms with van der Waals surface area (Å²) in [5.41, 5.74) is 24.5. The molecule has 0 unspecified atom stereocenters. The number of anilines is 3. The Morgan fingerprint density at radius 3 is 1.96 bits per heavy atom. The van der Waals surface area contributed by atoms with Crippen molar-refractivity contribution in [3.8, 4) is 16.9 Å². The van der Waals surface area contributed by atoms with Crippen molar-refractivity contribution in [2.24, 2.45) is 0 Å². The van der Waals surface area contributed by atoms with Crippen LogP contribution in [0.5, 0.6) is 5.75 Å². The Balaban J connectivity index is 0.000000163. The summed E-state index contributed by atoms with van der Waals surface area (Å²) < 4.78 is 5.41. The summed E-state index contributed by atoms with van der Waals surface area (Å²) in [6.45, 7) is 0. The van der Waals surface area contributed by atoms with Gasteiger partial charge in [0, 0.05) is 27.6 Å². The lowest BCUT2D eigenvalue weighted by Crippen LogP contribution is -2.02. The van der Waals surface area contributed by atoms with Gasteiger partial charge in [-0.25, -0.2) is 4.79 Å². The van der Waals surface area contributed by atoms with Crippen LogP contribution in [-0.2, 0) is 6.42 Å². The van der Waals surface area contributed by atoms with Crippen molar-refractivity contribution in [1.82, 2.24) is 0 Å². The Labute approximate surface area is 171 Å². The maximum Gasteiger partial charge on any atom is 0.339 e. The van der Waals surface area contributed by atoms with E-state index in [-0.39, 0.29) is 11.3 Å². The number of carboxylic acids is 1. The molecule has 0 amide bonds. The lowest BCUT2D eigenvalue weighted by atomic mass is 10.1.